The second kappa shape index (κ2) is 9.33. The van der Waals surface area contributed by atoms with Gasteiger partial charge in [-0.1, -0.05) is 0 Å². The lowest BCUT2D eigenvalue weighted by Gasteiger charge is -2.40. The maximum absolute atomic E-state index is 13.2. The molecule has 30 heavy (non-hydrogen) atoms. The summed E-state index contributed by atoms with van der Waals surface area (Å²) in [6, 6.07) is 11.9. The number of likely N-dealkylation sites (N-methyl/N-ethyl adjacent to an activating group) is 1. The average molecular weight is 412 g/mol. The standard InChI is InChI=1S/C24H33N3O3/c1-25(14-15-29-2)17-20-16-24(30-18-20)10-5-13-27(19-24)23(28)21-6-8-22(9-7-21)26-11-3-4-12-26/h3-4,6-9,11-12,20H,5,10,13-19H2,1-2H3/t20-,24+/m1/s1. The lowest BCUT2D eigenvalue weighted by Crippen LogP contribution is -2.50. The van der Waals surface area contributed by atoms with E-state index in [1.54, 1.807) is 7.11 Å². The van der Waals surface area contributed by atoms with Gasteiger partial charge in [0, 0.05) is 56.9 Å². The lowest BCUT2D eigenvalue weighted by molar-refractivity contribution is -0.0450. The zero-order valence-electron chi connectivity index (χ0n) is 18.1. The molecule has 0 bridgehead atoms. The van der Waals surface area contributed by atoms with Crippen LogP contribution in [-0.4, -0.2) is 79.4 Å². The summed E-state index contributed by atoms with van der Waals surface area (Å²) in [5.74, 6) is 0.625. The molecule has 6 nitrogen and oxygen atoms in total. The van der Waals surface area contributed by atoms with Gasteiger partial charge in [0.15, 0.2) is 0 Å². The first-order valence-corrected chi connectivity index (χ1v) is 10.9. The summed E-state index contributed by atoms with van der Waals surface area (Å²) in [5.41, 5.74) is 1.63. The van der Waals surface area contributed by atoms with Crippen LogP contribution >= 0.6 is 0 Å². The zero-order valence-corrected chi connectivity index (χ0v) is 18.1. The van der Waals surface area contributed by atoms with E-state index in [2.05, 4.69) is 11.9 Å². The van der Waals surface area contributed by atoms with E-state index in [9.17, 15) is 4.79 Å². The fraction of sp³-hybridized carbons (Fsp3) is 0.542. The number of nitrogens with zero attached hydrogens (tertiary/aromatic N) is 3. The molecular formula is C24H33N3O3. The Bertz CT molecular complexity index is 821. The van der Waals surface area contributed by atoms with Crippen LogP contribution in [-0.2, 0) is 9.47 Å². The summed E-state index contributed by atoms with van der Waals surface area (Å²) in [5, 5.41) is 0. The van der Waals surface area contributed by atoms with Crippen molar-refractivity contribution in [2.45, 2.75) is 24.9 Å². The van der Waals surface area contributed by atoms with Gasteiger partial charge in [-0.2, -0.15) is 0 Å². The molecule has 2 fully saturated rings. The topological polar surface area (TPSA) is 46.9 Å². The molecule has 162 valence electrons. The minimum Gasteiger partial charge on any atom is -0.383 e. The van der Waals surface area contributed by atoms with Gasteiger partial charge < -0.3 is 23.8 Å². The van der Waals surface area contributed by atoms with Crippen LogP contribution in [0.15, 0.2) is 48.8 Å². The average Bonchev–Trinajstić information content (AvgIpc) is 3.43. The molecule has 0 N–H and O–H groups in total. The molecule has 1 aromatic heterocycles. The number of likely N-dealkylation sites (tertiary alicyclic amines) is 1. The molecule has 2 atom stereocenters. The Morgan fingerprint density at radius 2 is 2.03 bits per heavy atom. The molecule has 0 unspecified atom stereocenters. The molecule has 2 aliphatic rings. The van der Waals surface area contributed by atoms with Gasteiger partial charge in [-0.15, -0.1) is 0 Å². The second-order valence-corrected chi connectivity index (χ2v) is 8.79. The minimum absolute atomic E-state index is 0.109. The summed E-state index contributed by atoms with van der Waals surface area (Å²) in [7, 11) is 3.88. The van der Waals surface area contributed by atoms with Crippen LogP contribution in [0.5, 0.6) is 0 Å². The van der Waals surface area contributed by atoms with E-state index in [0.717, 1.165) is 63.4 Å². The van der Waals surface area contributed by atoms with Crippen molar-refractivity contribution in [3.05, 3.63) is 54.4 Å². The van der Waals surface area contributed by atoms with E-state index < -0.39 is 0 Å². The van der Waals surface area contributed by atoms with Gasteiger partial charge in [-0.3, -0.25) is 4.79 Å². The van der Waals surface area contributed by atoms with Gasteiger partial charge in [0.1, 0.15) is 0 Å². The molecule has 1 amide bonds. The van der Waals surface area contributed by atoms with Crippen LogP contribution in [0.1, 0.15) is 29.6 Å². The Kier molecular flexibility index (Phi) is 6.56. The fourth-order valence-electron chi connectivity index (χ4n) is 4.86. The molecule has 1 aromatic carbocycles. The molecule has 0 aliphatic carbocycles. The molecule has 0 saturated carbocycles. The third-order valence-electron chi connectivity index (χ3n) is 6.38. The van der Waals surface area contributed by atoms with E-state index in [4.69, 9.17) is 9.47 Å². The lowest BCUT2D eigenvalue weighted by atomic mass is 9.86. The Labute approximate surface area is 179 Å². The Hall–Kier alpha value is -2.15. The number of rotatable bonds is 7. The van der Waals surface area contributed by atoms with E-state index in [1.807, 2.05) is 58.3 Å². The smallest absolute Gasteiger partial charge is 0.253 e. The van der Waals surface area contributed by atoms with Crippen LogP contribution in [0.2, 0.25) is 0 Å². The van der Waals surface area contributed by atoms with Crippen molar-refractivity contribution in [1.29, 1.82) is 0 Å². The molecule has 3 heterocycles. The SMILES string of the molecule is COCCN(C)C[C@@H]1CO[C@@]2(CCCN(C(=O)c3ccc(-n4cccc4)cc3)C2)C1. The van der Waals surface area contributed by atoms with E-state index >= 15 is 0 Å². The van der Waals surface area contributed by atoms with Crippen molar-refractivity contribution in [3.63, 3.8) is 0 Å². The van der Waals surface area contributed by atoms with E-state index in [0.29, 0.717) is 12.5 Å². The van der Waals surface area contributed by atoms with E-state index in [-0.39, 0.29) is 11.5 Å². The predicted molar refractivity (Wildman–Crippen MR) is 117 cm³/mol. The first-order chi connectivity index (χ1) is 14.6. The molecule has 2 aliphatic heterocycles. The van der Waals surface area contributed by atoms with E-state index in [1.165, 1.54) is 0 Å². The number of methoxy groups -OCH3 is 1. The molecular weight excluding hydrogens is 378 g/mol. The van der Waals surface area contributed by atoms with Crippen LogP contribution in [0.3, 0.4) is 0 Å². The highest BCUT2D eigenvalue weighted by molar-refractivity contribution is 5.94. The van der Waals surface area contributed by atoms with Crippen LogP contribution in [0, 0.1) is 5.92 Å². The van der Waals surface area contributed by atoms with Crippen LogP contribution in [0.4, 0.5) is 0 Å². The third-order valence-corrected chi connectivity index (χ3v) is 6.38. The quantitative estimate of drug-likeness (QED) is 0.703. The highest BCUT2D eigenvalue weighted by atomic mass is 16.5. The molecule has 0 radical (unpaired) electrons. The first kappa shape index (κ1) is 21.1. The Balaban J connectivity index is 1.36. The summed E-state index contributed by atoms with van der Waals surface area (Å²) in [6.45, 7) is 4.99. The highest BCUT2D eigenvalue weighted by Gasteiger charge is 2.44. The normalized spacial score (nSPS) is 24.1. The van der Waals surface area contributed by atoms with Crippen molar-refractivity contribution < 1.29 is 14.3 Å². The van der Waals surface area contributed by atoms with Gasteiger partial charge in [0.05, 0.1) is 18.8 Å². The number of ether oxygens (including phenoxy) is 2. The van der Waals surface area contributed by atoms with Gasteiger partial charge in [-0.25, -0.2) is 0 Å². The predicted octanol–water partition coefficient (Wildman–Crippen LogP) is 3.07. The number of piperidine rings is 1. The maximum atomic E-state index is 13.2. The van der Waals surface area contributed by atoms with Crippen LogP contribution in [0.25, 0.3) is 5.69 Å². The molecule has 1 spiro atoms. The van der Waals surface area contributed by atoms with Gasteiger partial charge >= 0.3 is 0 Å². The number of aromatic nitrogens is 1. The summed E-state index contributed by atoms with van der Waals surface area (Å²) in [6.07, 6.45) is 7.08. The summed E-state index contributed by atoms with van der Waals surface area (Å²) in [4.78, 5) is 17.5. The second-order valence-electron chi connectivity index (χ2n) is 8.79. The van der Waals surface area contributed by atoms with Crippen molar-refractivity contribution in [3.8, 4) is 5.69 Å². The first-order valence-electron chi connectivity index (χ1n) is 10.9. The van der Waals surface area contributed by atoms with Gasteiger partial charge in [-0.05, 0) is 68.6 Å². The number of benzene rings is 1. The van der Waals surface area contributed by atoms with Gasteiger partial charge in [0.2, 0.25) is 0 Å². The number of carbonyl (C=O) groups excluding carboxylic acids is 1. The van der Waals surface area contributed by atoms with Crippen LogP contribution < -0.4 is 0 Å². The van der Waals surface area contributed by atoms with Crippen molar-refractivity contribution in [1.82, 2.24) is 14.4 Å². The number of hydrogen-bond acceptors (Lipinski definition) is 4. The summed E-state index contributed by atoms with van der Waals surface area (Å²) < 4.78 is 13.5. The Morgan fingerprint density at radius 1 is 1.27 bits per heavy atom. The largest absolute Gasteiger partial charge is 0.383 e. The minimum atomic E-state index is -0.175. The number of hydrogen-bond donors (Lipinski definition) is 0. The molecule has 6 heteroatoms. The monoisotopic (exact) mass is 411 g/mol. The van der Waals surface area contributed by atoms with Crippen molar-refractivity contribution in [2.75, 3.05) is 53.6 Å². The fourth-order valence-corrected chi connectivity index (χ4v) is 4.86. The summed E-state index contributed by atoms with van der Waals surface area (Å²) >= 11 is 0. The Morgan fingerprint density at radius 3 is 2.77 bits per heavy atom. The molecule has 2 saturated heterocycles. The van der Waals surface area contributed by atoms with Crippen molar-refractivity contribution in [2.24, 2.45) is 5.92 Å². The zero-order chi connectivity index (χ0) is 21.0. The molecule has 4 rings (SSSR count). The van der Waals surface area contributed by atoms with Gasteiger partial charge in [0.25, 0.3) is 5.91 Å². The van der Waals surface area contributed by atoms with Crippen molar-refractivity contribution >= 4 is 5.91 Å². The maximum Gasteiger partial charge on any atom is 0.253 e. The highest BCUT2D eigenvalue weighted by Crippen LogP contribution is 2.38. The molecule has 2 aromatic rings. The number of amides is 1. The number of carbonyl (C=O) groups is 1. The third kappa shape index (κ3) is 4.77.